The monoisotopic (exact) mass is 365 g/mol. The van der Waals surface area contributed by atoms with Crippen LogP contribution in [0.4, 0.5) is 0 Å². The van der Waals surface area contributed by atoms with Crippen LogP contribution in [-0.4, -0.2) is 36.9 Å². The number of sulfonamides is 1. The van der Waals surface area contributed by atoms with E-state index in [0.717, 1.165) is 5.56 Å². The third kappa shape index (κ3) is 4.26. The minimum absolute atomic E-state index is 0.213. The van der Waals surface area contributed by atoms with Gasteiger partial charge in [-0.05, 0) is 31.5 Å². The molecule has 25 heavy (non-hydrogen) atoms. The minimum atomic E-state index is -3.48. The minimum Gasteiger partial charge on any atom is -0.361 e. The van der Waals surface area contributed by atoms with Gasteiger partial charge in [-0.15, -0.1) is 0 Å². The Morgan fingerprint density at radius 2 is 1.84 bits per heavy atom. The van der Waals surface area contributed by atoms with Gasteiger partial charge in [0.25, 0.3) is 5.91 Å². The van der Waals surface area contributed by atoms with Crippen LogP contribution < -0.4 is 5.32 Å². The van der Waals surface area contributed by atoms with E-state index in [1.165, 1.54) is 4.31 Å². The molecular weight excluding hydrogens is 342 g/mol. The summed E-state index contributed by atoms with van der Waals surface area (Å²) in [6.45, 7) is 7.98. The number of carbonyl (C=O) groups excluding carboxylic acids is 1. The first-order valence-electron chi connectivity index (χ1n) is 8.13. The first-order valence-corrected chi connectivity index (χ1v) is 9.57. The van der Waals surface area contributed by atoms with Crippen molar-refractivity contribution in [2.45, 2.75) is 38.6 Å². The van der Waals surface area contributed by atoms with E-state index in [1.807, 2.05) is 6.92 Å². The molecule has 0 bridgehead atoms. The largest absolute Gasteiger partial charge is 0.361 e. The zero-order valence-corrected chi connectivity index (χ0v) is 15.6. The molecule has 2 aromatic rings. The Balaban J connectivity index is 2.12. The zero-order valence-electron chi connectivity index (χ0n) is 14.8. The van der Waals surface area contributed by atoms with Crippen molar-refractivity contribution in [3.05, 3.63) is 47.3 Å². The van der Waals surface area contributed by atoms with Gasteiger partial charge < -0.3 is 9.84 Å². The predicted octanol–water partition coefficient (Wildman–Crippen LogP) is 2.50. The van der Waals surface area contributed by atoms with Crippen molar-refractivity contribution in [3.63, 3.8) is 0 Å². The van der Waals surface area contributed by atoms with Crippen molar-refractivity contribution < 1.29 is 17.7 Å². The van der Waals surface area contributed by atoms with Crippen LogP contribution in [0.5, 0.6) is 0 Å². The number of rotatable bonds is 7. The lowest BCUT2D eigenvalue weighted by Crippen LogP contribution is -2.30. The van der Waals surface area contributed by atoms with E-state index in [1.54, 1.807) is 51.1 Å². The van der Waals surface area contributed by atoms with Gasteiger partial charge in [0.15, 0.2) is 5.69 Å². The Labute approximate surface area is 148 Å². The van der Waals surface area contributed by atoms with E-state index < -0.39 is 10.0 Å². The van der Waals surface area contributed by atoms with Crippen molar-refractivity contribution in [3.8, 4) is 0 Å². The molecule has 1 heterocycles. The molecule has 0 fully saturated rings. The molecule has 0 radical (unpaired) electrons. The molecule has 0 aliphatic rings. The topological polar surface area (TPSA) is 92.5 Å². The van der Waals surface area contributed by atoms with Crippen LogP contribution in [-0.2, 0) is 10.0 Å². The summed E-state index contributed by atoms with van der Waals surface area (Å²) in [5.41, 5.74) is 1.01. The molecule has 136 valence electrons. The predicted molar refractivity (Wildman–Crippen MR) is 93.7 cm³/mol. The summed E-state index contributed by atoms with van der Waals surface area (Å²) in [5, 5.41) is 6.48. The van der Waals surface area contributed by atoms with Crippen LogP contribution in [0, 0.1) is 6.92 Å². The van der Waals surface area contributed by atoms with Gasteiger partial charge in [-0.25, -0.2) is 8.42 Å². The molecular formula is C17H23N3O4S. The first kappa shape index (κ1) is 19.1. The van der Waals surface area contributed by atoms with E-state index in [9.17, 15) is 13.2 Å². The second-order valence-electron chi connectivity index (χ2n) is 5.68. The maximum absolute atomic E-state index is 12.5. The van der Waals surface area contributed by atoms with Gasteiger partial charge in [-0.3, -0.25) is 4.79 Å². The molecule has 1 atom stereocenters. The summed E-state index contributed by atoms with van der Waals surface area (Å²) in [7, 11) is -3.48. The fourth-order valence-corrected chi connectivity index (χ4v) is 3.93. The number of amides is 1. The van der Waals surface area contributed by atoms with Gasteiger partial charge in [-0.1, -0.05) is 31.1 Å². The van der Waals surface area contributed by atoms with Crippen LogP contribution >= 0.6 is 0 Å². The summed E-state index contributed by atoms with van der Waals surface area (Å²) in [6, 6.07) is 7.79. The van der Waals surface area contributed by atoms with Gasteiger partial charge >= 0.3 is 0 Å². The van der Waals surface area contributed by atoms with Crippen molar-refractivity contribution >= 4 is 15.9 Å². The lowest BCUT2D eigenvalue weighted by Gasteiger charge is -2.19. The summed E-state index contributed by atoms with van der Waals surface area (Å²) in [6.07, 6.45) is 0. The average molecular weight is 365 g/mol. The number of nitrogens with zero attached hydrogens (tertiary/aromatic N) is 2. The average Bonchev–Trinajstić information content (AvgIpc) is 3.02. The Morgan fingerprint density at radius 1 is 1.24 bits per heavy atom. The van der Waals surface area contributed by atoms with Crippen LogP contribution in [0.2, 0.25) is 0 Å². The maximum atomic E-state index is 12.5. The molecule has 2 rings (SSSR count). The number of aromatic nitrogens is 1. The normalized spacial score (nSPS) is 13.0. The Morgan fingerprint density at radius 3 is 2.32 bits per heavy atom. The highest BCUT2D eigenvalue weighted by atomic mass is 32.2. The number of benzene rings is 1. The first-order chi connectivity index (χ1) is 11.8. The van der Waals surface area contributed by atoms with E-state index in [4.69, 9.17) is 4.52 Å². The van der Waals surface area contributed by atoms with E-state index in [2.05, 4.69) is 10.5 Å². The molecule has 1 aromatic heterocycles. The number of aryl methyl sites for hydroxylation is 1. The quantitative estimate of drug-likeness (QED) is 0.814. The van der Waals surface area contributed by atoms with E-state index in [0.29, 0.717) is 18.8 Å². The second kappa shape index (κ2) is 7.79. The smallest absolute Gasteiger partial charge is 0.273 e. The molecule has 1 N–H and O–H groups in total. The summed E-state index contributed by atoms with van der Waals surface area (Å²) >= 11 is 0. The number of carbonyl (C=O) groups is 1. The van der Waals surface area contributed by atoms with Gasteiger partial charge in [0.05, 0.1) is 10.9 Å². The van der Waals surface area contributed by atoms with Gasteiger partial charge in [0, 0.05) is 19.2 Å². The Bertz CT molecular complexity index is 824. The lowest BCUT2D eigenvalue weighted by atomic mass is 10.1. The SMILES string of the molecule is CCN(CC)S(=O)(=O)c1ccc([C@H](C)NC(=O)c2cc(C)on2)cc1. The molecule has 0 aliphatic carbocycles. The summed E-state index contributed by atoms with van der Waals surface area (Å²) in [4.78, 5) is 12.3. The molecule has 0 aliphatic heterocycles. The third-order valence-electron chi connectivity index (χ3n) is 3.93. The lowest BCUT2D eigenvalue weighted by molar-refractivity contribution is 0.0930. The number of hydrogen-bond acceptors (Lipinski definition) is 5. The molecule has 8 heteroatoms. The second-order valence-corrected chi connectivity index (χ2v) is 7.61. The highest BCUT2D eigenvalue weighted by Crippen LogP contribution is 2.19. The fraction of sp³-hybridized carbons (Fsp3) is 0.412. The van der Waals surface area contributed by atoms with E-state index in [-0.39, 0.29) is 22.5 Å². The Hall–Kier alpha value is -2.19. The maximum Gasteiger partial charge on any atom is 0.273 e. The van der Waals surface area contributed by atoms with Crippen LogP contribution in [0.15, 0.2) is 39.8 Å². The highest BCUT2D eigenvalue weighted by molar-refractivity contribution is 7.89. The summed E-state index contributed by atoms with van der Waals surface area (Å²) < 4.78 is 31.2. The number of hydrogen-bond donors (Lipinski definition) is 1. The molecule has 0 unspecified atom stereocenters. The van der Waals surface area contributed by atoms with Crippen LogP contribution in [0.3, 0.4) is 0 Å². The number of nitrogens with one attached hydrogen (secondary N) is 1. The van der Waals surface area contributed by atoms with E-state index >= 15 is 0 Å². The van der Waals surface area contributed by atoms with Crippen LogP contribution in [0.1, 0.15) is 48.6 Å². The molecule has 0 spiro atoms. The zero-order chi connectivity index (χ0) is 18.6. The molecule has 1 amide bonds. The molecule has 0 saturated carbocycles. The molecule has 1 aromatic carbocycles. The van der Waals surface area contributed by atoms with Gasteiger partial charge in [-0.2, -0.15) is 4.31 Å². The molecule has 0 saturated heterocycles. The highest BCUT2D eigenvalue weighted by Gasteiger charge is 2.22. The van der Waals surface area contributed by atoms with Gasteiger partial charge in [0.1, 0.15) is 5.76 Å². The van der Waals surface area contributed by atoms with Crippen molar-refractivity contribution in [2.24, 2.45) is 0 Å². The standard InChI is InChI=1S/C17H23N3O4S/c1-5-20(6-2)25(22,23)15-9-7-14(8-10-15)13(4)18-17(21)16-11-12(3)24-19-16/h7-11,13H,5-6H2,1-4H3,(H,18,21)/t13-/m0/s1. The molecule has 7 nitrogen and oxygen atoms in total. The third-order valence-corrected chi connectivity index (χ3v) is 6.00. The van der Waals surface area contributed by atoms with Crippen LogP contribution in [0.25, 0.3) is 0 Å². The van der Waals surface area contributed by atoms with Crippen molar-refractivity contribution in [1.82, 2.24) is 14.8 Å². The fourth-order valence-electron chi connectivity index (χ4n) is 2.47. The van der Waals surface area contributed by atoms with Crippen molar-refractivity contribution in [2.75, 3.05) is 13.1 Å². The van der Waals surface area contributed by atoms with Gasteiger partial charge in [0.2, 0.25) is 10.0 Å². The summed E-state index contributed by atoms with van der Waals surface area (Å²) in [5.74, 6) is 0.216. The van der Waals surface area contributed by atoms with Crippen molar-refractivity contribution in [1.29, 1.82) is 0 Å². The Kier molecular flexibility index (Phi) is 5.97.